The van der Waals surface area contributed by atoms with Crippen LogP contribution in [0.1, 0.15) is 22.7 Å². The van der Waals surface area contributed by atoms with Gasteiger partial charge in [0, 0.05) is 6.42 Å². The van der Waals surface area contributed by atoms with Crippen LogP contribution in [0.25, 0.3) is 0 Å². The molecule has 0 bridgehead atoms. The van der Waals surface area contributed by atoms with E-state index >= 15 is 0 Å². The lowest BCUT2D eigenvalue weighted by Gasteiger charge is -1.94. The molecule has 1 aromatic rings. The summed E-state index contributed by atoms with van der Waals surface area (Å²) in [6, 6.07) is 3.37. The third kappa shape index (κ3) is 2.59. The molecule has 4 nitrogen and oxygen atoms in total. The van der Waals surface area contributed by atoms with Crippen molar-refractivity contribution in [2.45, 2.75) is 12.8 Å². The van der Waals surface area contributed by atoms with Crippen LogP contribution in [-0.2, 0) is 11.2 Å². The fourth-order valence-corrected chi connectivity index (χ4v) is 0.999. The van der Waals surface area contributed by atoms with E-state index in [1.54, 1.807) is 12.1 Å². The minimum atomic E-state index is -0.445. The number of nitrogens with two attached hydrogens (primary N) is 1. The smallest absolute Gasteiger partial charge is 0.373 e. The van der Waals surface area contributed by atoms with Crippen LogP contribution in [0.15, 0.2) is 16.5 Å². The Bertz CT molecular complexity index is 280. The zero-order valence-corrected chi connectivity index (χ0v) is 7.58. The van der Waals surface area contributed by atoms with Gasteiger partial charge in [0.1, 0.15) is 5.76 Å². The molecular weight excluding hydrogens is 170 g/mol. The first-order chi connectivity index (χ1) is 6.27. The van der Waals surface area contributed by atoms with Crippen LogP contribution < -0.4 is 5.73 Å². The number of methoxy groups -OCH3 is 1. The van der Waals surface area contributed by atoms with Crippen molar-refractivity contribution in [3.05, 3.63) is 23.7 Å². The van der Waals surface area contributed by atoms with Gasteiger partial charge in [0.05, 0.1) is 7.11 Å². The lowest BCUT2D eigenvalue weighted by molar-refractivity contribution is 0.0563. The normalized spacial score (nSPS) is 10.0. The molecule has 2 N–H and O–H groups in total. The van der Waals surface area contributed by atoms with Gasteiger partial charge in [0.25, 0.3) is 0 Å². The monoisotopic (exact) mass is 183 g/mol. The van der Waals surface area contributed by atoms with E-state index in [0.29, 0.717) is 6.54 Å². The number of furan rings is 1. The Morgan fingerprint density at radius 2 is 2.38 bits per heavy atom. The fourth-order valence-electron chi connectivity index (χ4n) is 0.999. The number of hydrogen-bond donors (Lipinski definition) is 1. The summed E-state index contributed by atoms with van der Waals surface area (Å²) < 4.78 is 9.70. The van der Waals surface area contributed by atoms with E-state index in [1.807, 2.05) is 0 Å². The Hall–Kier alpha value is -1.29. The van der Waals surface area contributed by atoms with Gasteiger partial charge in [-0.3, -0.25) is 0 Å². The Labute approximate surface area is 76.7 Å². The summed E-state index contributed by atoms with van der Waals surface area (Å²) in [6.07, 6.45) is 1.61. The van der Waals surface area contributed by atoms with Crippen LogP contribution in [-0.4, -0.2) is 19.6 Å². The van der Waals surface area contributed by atoms with Gasteiger partial charge in [-0.15, -0.1) is 0 Å². The van der Waals surface area contributed by atoms with Crippen LogP contribution in [0.5, 0.6) is 0 Å². The number of rotatable bonds is 4. The lowest BCUT2D eigenvalue weighted by Crippen LogP contribution is -2.00. The van der Waals surface area contributed by atoms with Crippen molar-refractivity contribution in [2.24, 2.45) is 5.73 Å². The quantitative estimate of drug-likeness (QED) is 0.706. The molecule has 0 saturated heterocycles. The molecular formula is C9H13NO3. The second-order valence-electron chi connectivity index (χ2n) is 2.65. The van der Waals surface area contributed by atoms with Crippen molar-refractivity contribution in [3.63, 3.8) is 0 Å². The molecule has 0 saturated carbocycles. The topological polar surface area (TPSA) is 65.5 Å². The molecule has 0 aliphatic heterocycles. The van der Waals surface area contributed by atoms with Crippen LogP contribution in [0.2, 0.25) is 0 Å². The summed E-state index contributed by atoms with van der Waals surface area (Å²) in [5.74, 6) is 0.569. The zero-order valence-electron chi connectivity index (χ0n) is 7.58. The van der Waals surface area contributed by atoms with Crippen molar-refractivity contribution < 1.29 is 13.9 Å². The molecule has 4 heteroatoms. The van der Waals surface area contributed by atoms with E-state index in [1.165, 1.54) is 7.11 Å². The average molecular weight is 183 g/mol. The standard InChI is InChI=1S/C9H13NO3/c1-12-9(11)8-5-4-7(13-8)3-2-6-10/h4-5H,2-3,6,10H2,1H3. The molecule has 72 valence electrons. The van der Waals surface area contributed by atoms with Gasteiger partial charge in [-0.1, -0.05) is 0 Å². The molecule has 1 aromatic heterocycles. The Balaban J connectivity index is 2.58. The van der Waals surface area contributed by atoms with Crippen molar-refractivity contribution in [3.8, 4) is 0 Å². The highest BCUT2D eigenvalue weighted by atomic mass is 16.5. The Morgan fingerprint density at radius 3 is 3.00 bits per heavy atom. The predicted molar refractivity (Wildman–Crippen MR) is 47.4 cm³/mol. The Kier molecular flexibility index (Phi) is 3.52. The van der Waals surface area contributed by atoms with Gasteiger partial charge >= 0.3 is 5.97 Å². The largest absolute Gasteiger partial charge is 0.463 e. The molecule has 0 atom stereocenters. The van der Waals surface area contributed by atoms with E-state index in [0.717, 1.165) is 18.6 Å². The third-order valence-electron chi connectivity index (χ3n) is 1.68. The lowest BCUT2D eigenvalue weighted by atomic mass is 10.2. The third-order valence-corrected chi connectivity index (χ3v) is 1.68. The molecule has 0 spiro atoms. The second kappa shape index (κ2) is 4.67. The van der Waals surface area contributed by atoms with Crippen molar-refractivity contribution in [1.29, 1.82) is 0 Å². The highest BCUT2D eigenvalue weighted by Crippen LogP contribution is 2.10. The van der Waals surface area contributed by atoms with Crippen LogP contribution in [0.4, 0.5) is 0 Å². The number of carbonyl (C=O) groups excluding carboxylic acids is 1. The second-order valence-corrected chi connectivity index (χ2v) is 2.65. The minimum Gasteiger partial charge on any atom is -0.463 e. The summed E-state index contributed by atoms with van der Waals surface area (Å²) in [4.78, 5) is 11.0. The van der Waals surface area contributed by atoms with Gasteiger partial charge in [-0.05, 0) is 25.1 Å². The van der Waals surface area contributed by atoms with E-state index in [9.17, 15) is 4.79 Å². The number of carbonyl (C=O) groups is 1. The highest BCUT2D eigenvalue weighted by molar-refractivity contribution is 5.86. The highest BCUT2D eigenvalue weighted by Gasteiger charge is 2.10. The molecule has 0 radical (unpaired) electrons. The predicted octanol–water partition coefficient (Wildman–Crippen LogP) is 0.958. The van der Waals surface area contributed by atoms with E-state index in [2.05, 4.69) is 4.74 Å². The maximum Gasteiger partial charge on any atom is 0.373 e. The van der Waals surface area contributed by atoms with Crippen molar-refractivity contribution in [1.82, 2.24) is 0 Å². The number of esters is 1. The first kappa shape index (κ1) is 9.80. The van der Waals surface area contributed by atoms with E-state index in [4.69, 9.17) is 10.2 Å². The van der Waals surface area contributed by atoms with Crippen molar-refractivity contribution in [2.75, 3.05) is 13.7 Å². The molecule has 0 unspecified atom stereocenters. The molecule has 0 amide bonds. The fraction of sp³-hybridized carbons (Fsp3) is 0.444. The van der Waals surface area contributed by atoms with E-state index < -0.39 is 5.97 Å². The zero-order chi connectivity index (χ0) is 9.68. The molecule has 1 heterocycles. The van der Waals surface area contributed by atoms with Gasteiger partial charge in [0.2, 0.25) is 5.76 Å². The summed E-state index contributed by atoms with van der Waals surface area (Å²) in [7, 11) is 1.32. The first-order valence-corrected chi connectivity index (χ1v) is 4.15. The first-order valence-electron chi connectivity index (χ1n) is 4.15. The summed E-state index contributed by atoms with van der Waals surface area (Å²) in [5.41, 5.74) is 5.34. The molecule has 0 aliphatic rings. The number of aryl methyl sites for hydroxylation is 1. The summed E-state index contributed by atoms with van der Waals surface area (Å²) >= 11 is 0. The maximum absolute atomic E-state index is 11.0. The van der Waals surface area contributed by atoms with Crippen LogP contribution in [0.3, 0.4) is 0 Å². The van der Waals surface area contributed by atoms with Crippen LogP contribution >= 0.6 is 0 Å². The van der Waals surface area contributed by atoms with Gasteiger partial charge < -0.3 is 14.9 Å². The number of hydrogen-bond acceptors (Lipinski definition) is 4. The van der Waals surface area contributed by atoms with E-state index in [-0.39, 0.29) is 5.76 Å². The van der Waals surface area contributed by atoms with Gasteiger partial charge in [-0.25, -0.2) is 4.79 Å². The maximum atomic E-state index is 11.0. The Morgan fingerprint density at radius 1 is 1.62 bits per heavy atom. The average Bonchev–Trinajstić information content (AvgIpc) is 2.62. The molecule has 13 heavy (non-hydrogen) atoms. The SMILES string of the molecule is COC(=O)c1ccc(CCCN)o1. The van der Waals surface area contributed by atoms with Crippen LogP contribution in [0, 0.1) is 0 Å². The minimum absolute atomic E-state index is 0.245. The summed E-state index contributed by atoms with van der Waals surface area (Å²) in [6.45, 7) is 0.619. The number of ether oxygens (including phenoxy) is 1. The van der Waals surface area contributed by atoms with Gasteiger partial charge in [0.15, 0.2) is 0 Å². The molecule has 1 rings (SSSR count). The molecule has 0 fully saturated rings. The summed E-state index contributed by atoms with van der Waals surface area (Å²) in [5, 5.41) is 0. The van der Waals surface area contributed by atoms with Gasteiger partial charge in [-0.2, -0.15) is 0 Å². The molecule has 0 aromatic carbocycles. The molecule has 0 aliphatic carbocycles. The van der Waals surface area contributed by atoms with Crippen molar-refractivity contribution >= 4 is 5.97 Å².